The Morgan fingerprint density at radius 3 is 2.36 bits per heavy atom. The van der Waals surface area contributed by atoms with Gasteiger partial charge in [0.25, 0.3) is 0 Å². The Balaban J connectivity index is 2.17. The number of rotatable bonds is 8. The fourth-order valence-electron chi connectivity index (χ4n) is 3.64. The van der Waals surface area contributed by atoms with E-state index < -0.39 is 16.7 Å². The molecule has 1 aromatic heterocycles. The van der Waals surface area contributed by atoms with E-state index >= 15 is 0 Å². The summed E-state index contributed by atoms with van der Waals surface area (Å²) in [6.45, 7) is 3.64. The highest BCUT2D eigenvalue weighted by Crippen LogP contribution is 2.39. The number of amides is 1. The Hall–Kier alpha value is -3.39. The second-order valence-electron chi connectivity index (χ2n) is 8.19. The summed E-state index contributed by atoms with van der Waals surface area (Å²) < 4.78 is 16.6. The first-order chi connectivity index (χ1) is 15.6. The minimum Gasteiger partial charge on any atom is -0.507 e. The van der Waals surface area contributed by atoms with Gasteiger partial charge in [0.15, 0.2) is 5.76 Å². The molecular weight excluding hydrogens is 450 g/mol. The predicted octanol–water partition coefficient (Wildman–Crippen LogP) is 3.95. The zero-order valence-corrected chi connectivity index (χ0v) is 19.6. The maximum Gasteiger partial charge on any atom is 0.239 e. The summed E-state index contributed by atoms with van der Waals surface area (Å²) in [6.07, 6.45) is 0.645. The standard InChI is InChI=1S/C24H26ClNO7/c1-24(2,26-18(29)12-25)10-9-15-16(27)11-17(28)19-20(30)23(32-4)21(33-22(15)19)13-5-7-14(31-3)8-6-13/h5-8,11,27-28H,9-10,12H2,1-4H3,(H,26,29). The van der Waals surface area contributed by atoms with Gasteiger partial charge in [-0.2, -0.15) is 0 Å². The Morgan fingerprint density at radius 1 is 1.12 bits per heavy atom. The highest BCUT2D eigenvalue weighted by Gasteiger charge is 2.26. The molecule has 3 aromatic rings. The van der Waals surface area contributed by atoms with Crippen LogP contribution in [0.4, 0.5) is 0 Å². The van der Waals surface area contributed by atoms with Crippen LogP contribution in [-0.2, 0) is 11.2 Å². The van der Waals surface area contributed by atoms with E-state index in [9.17, 15) is 19.8 Å². The van der Waals surface area contributed by atoms with E-state index in [1.807, 2.05) is 13.8 Å². The van der Waals surface area contributed by atoms with Gasteiger partial charge in [0.2, 0.25) is 17.1 Å². The summed E-state index contributed by atoms with van der Waals surface area (Å²) in [4.78, 5) is 24.9. The summed E-state index contributed by atoms with van der Waals surface area (Å²) in [7, 11) is 2.88. The van der Waals surface area contributed by atoms with Crippen molar-refractivity contribution in [3.05, 3.63) is 46.1 Å². The van der Waals surface area contributed by atoms with Gasteiger partial charge in [-0.15, -0.1) is 11.6 Å². The molecule has 0 atom stereocenters. The first kappa shape index (κ1) is 24.3. The fraction of sp³-hybridized carbons (Fsp3) is 0.333. The molecule has 8 nitrogen and oxygen atoms in total. The van der Waals surface area contributed by atoms with Crippen LogP contribution >= 0.6 is 11.6 Å². The minimum absolute atomic E-state index is 0.0450. The number of carbonyl (C=O) groups is 1. The predicted molar refractivity (Wildman–Crippen MR) is 126 cm³/mol. The highest BCUT2D eigenvalue weighted by molar-refractivity contribution is 6.27. The number of nitrogens with one attached hydrogen (secondary N) is 1. The SMILES string of the molecule is COc1ccc(-c2oc3c(CCC(C)(C)NC(=O)CCl)c(O)cc(O)c3c(=O)c2OC)cc1. The Labute approximate surface area is 195 Å². The number of benzene rings is 2. The van der Waals surface area contributed by atoms with Crippen molar-refractivity contribution in [1.29, 1.82) is 0 Å². The van der Waals surface area contributed by atoms with Crippen LogP contribution in [0.1, 0.15) is 25.8 Å². The van der Waals surface area contributed by atoms with Crippen molar-refractivity contribution < 1.29 is 28.9 Å². The maximum atomic E-state index is 13.2. The molecule has 0 bridgehead atoms. The number of aromatic hydroxyl groups is 2. The summed E-state index contributed by atoms with van der Waals surface area (Å²) in [6, 6.07) is 7.94. The van der Waals surface area contributed by atoms with Crippen LogP contribution in [0.5, 0.6) is 23.0 Å². The number of fused-ring (bicyclic) bond motifs is 1. The van der Waals surface area contributed by atoms with Gasteiger partial charge in [-0.1, -0.05) is 0 Å². The van der Waals surface area contributed by atoms with Crippen molar-refractivity contribution in [3.63, 3.8) is 0 Å². The monoisotopic (exact) mass is 475 g/mol. The van der Waals surface area contributed by atoms with Gasteiger partial charge in [-0.25, -0.2) is 0 Å². The molecule has 0 fully saturated rings. The molecule has 176 valence electrons. The summed E-state index contributed by atoms with van der Waals surface area (Å²) >= 11 is 5.59. The normalized spacial score (nSPS) is 11.4. The van der Waals surface area contributed by atoms with Gasteiger partial charge in [-0.3, -0.25) is 9.59 Å². The second-order valence-corrected chi connectivity index (χ2v) is 8.45. The zero-order valence-electron chi connectivity index (χ0n) is 18.8. The van der Waals surface area contributed by atoms with Crippen molar-refractivity contribution in [1.82, 2.24) is 5.32 Å². The number of alkyl halides is 1. The van der Waals surface area contributed by atoms with E-state index in [0.29, 0.717) is 23.3 Å². The number of hydrogen-bond acceptors (Lipinski definition) is 7. The summed E-state index contributed by atoms with van der Waals surface area (Å²) in [5, 5.41) is 23.7. The van der Waals surface area contributed by atoms with E-state index in [1.165, 1.54) is 7.11 Å². The van der Waals surface area contributed by atoms with Crippen LogP contribution in [0.25, 0.3) is 22.3 Å². The number of methoxy groups -OCH3 is 2. The van der Waals surface area contributed by atoms with Crippen molar-refractivity contribution in [2.45, 2.75) is 32.2 Å². The third kappa shape index (κ3) is 5.01. The van der Waals surface area contributed by atoms with E-state index in [0.717, 1.165) is 6.07 Å². The lowest BCUT2D eigenvalue weighted by molar-refractivity contribution is -0.120. The molecule has 1 amide bonds. The topological polar surface area (TPSA) is 118 Å². The summed E-state index contributed by atoms with van der Waals surface area (Å²) in [5.74, 6) is -0.440. The lowest BCUT2D eigenvalue weighted by Crippen LogP contribution is -2.44. The van der Waals surface area contributed by atoms with Crippen LogP contribution in [0.2, 0.25) is 0 Å². The van der Waals surface area contributed by atoms with Gasteiger partial charge in [0.05, 0.1) is 14.2 Å². The van der Waals surface area contributed by atoms with Gasteiger partial charge in [0, 0.05) is 22.7 Å². The molecule has 33 heavy (non-hydrogen) atoms. The van der Waals surface area contributed by atoms with Crippen molar-refractivity contribution >= 4 is 28.5 Å². The Kier molecular flexibility index (Phi) is 7.07. The number of phenolic OH excluding ortho intramolecular Hbond substituents is 2. The van der Waals surface area contributed by atoms with E-state index in [2.05, 4.69) is 5.32 Å². The van der Waals surface area contributed by atoms with Gasteiger partial charge >= 0.3 is 0 Å². The van der Waals surface area contributed by atoms with Gasteiger partial charge in [0.1, 0.15) is 34.1 Å². The minimum atomic E-state index is -0.645. The van der Waals surface area contributed by atoms with Crippen molar-refractivity contribution in [2.75, 3.05) is 20.1 Å². The van der Waals surface area contributed by atoms with Crippen LogP contribution in [0, 0.1) is 0 Å². The number of halogens is 1. The molecule has 0 aliphatic rings. The molecular formula is C24H26ClNO7. The average Bonchev–Trinajstić information content (AvgIpc) is 2.77. The molecule has 0 radical (unpaired) electrons. The third-order valence-corrected chi connectivity index (χ3v) is 5.58. The zero-order chi connectivity index (χ0) is 24.3. The van der Waals surface area contributed by atoms with Gasteiger partial charge in [-0.05, 0) is 51.0 Å². The van der Waals surface area contributed by atoms with Crippen LogP contribution in [0.3, 0.4) is 0 Å². The fourth-order valence-corrected chi connectivity index (χ4v) is 3.71. The molecule has 0 unspecified atom stereocenters. The van der Waals surface area contributed by atoms with Crippen LogP contribution < -0.4 is 20.2 Å². The number of aryl methyl sites for hydroxylation is 1. The first-order valence-corrected chi connectivity index (χ1v) is 10.7. The maximum absolute atomic E-state index is 13.2. The van der Waals surface area contributed by atoms with E-state index in [-0.39, 0.29) is 46.4 Å². The Bertz CT molecular complexity index is 1230. The Morgan fingerprint density at radius 2 is 1.79 bits per heavy atom. The number of ether oxygens (including phenoxy) is 2. The molecule has 0 saturated carbocycles. The molecule has 0 saturated heterocycles. The number of carbonyl (C=O) groups excluding carboxylic acids is 1. The van der Waals surface area contributed by atoms with E-state index in [4.69, 9.17) is 25.5 Å². The average molecular weight is 476 g/mol. The molecule has 0 aliphatic carbocycles. The lowest BCUT2D eigenvalue weighted by Gasteiger charge is -2.26. The van der Waals surface area contributed by atoms with Crippen LogP contribution in [0.15, 0.2) is 39.5 Å². The molecule has 0 aliphatic heterocycles. The molecule has 2 aromatic carbocycles. The van der Waals surface area contributed by atoms with Crippen molar-refractivity contribution in [3.8, 4) is 34.3 Å². The molecule has 3 rings (SSSR count). The second kappa shape index (κ2) is 9.62. The third-order valence-electron chi connectivity index (χ3n) is 5.34. The molecule has 9 heteroatoms. The van der Waals surface area contributed by atoms with E-state index in [1.54, 1.807) is 31.4 Å². The number of hydrogen-bond donors (Lipinski definition) is 3. The number of phenols is 2. The van der Waals surface area contributed by atoms with Crippen molar-refractivity contribution in [2.24, 2.45) is 0 Å². The molecule has 3 N–H and O–H groups in total. The quantitative estimate of drug-likeness (QED) is 0.422. The summed E-state index contributed by atoms with van der Waals surface area (Å²) in [5.41, 5.74) is -0.295. The smallest absolute Gasteiger partial charge is 0.239 e. The largest absolute Gasteiger partial charge is 0.507 e. The first-order valence-electron chi connectivity index (χ1n) is 10.2. The lowest BCUT2D eigenvalue weighted by atomic mass is 9.93. The molecule has 1 heterocycles. The highest BCUT2D eigenvalue weighted by atomic mass is 35.5. The van der Waals surface area contributed by atoms with Gasteiger partial charge < -0.3 is 29.4 Å². The molecule has 0 spiro atoms. The van der Waals surface area contributed by atoms with Crippen LogP contribution in [-0.4, -0.2) is 41.8 Å².